The van der Waals surface area contributed by atoms with E-state index in [2.05, 4.69) is 144 Å². The van der Waals surface area contributed by atoms with E-state index in [1.165, 1.54) is 23.9 Å². The molecule has 0 fully saturated rings. The lowest BCUT2D eigenvalue weighted by Gasteiger charge is -2.37. The average molecular weight is 751 g/mol. The fourth-order valence-electron chi connectivity index (χ4n) is 6.29. The Kier molecular flexibility index (Phi) is 10.5. The number of anilines is 2. The molecule has 2 heterocycles. The maximum Gasteiger partial charge on any atom is 0.250 e. The molecule has 0 aromatic heterocycles. The van der Waals surface area contributed by atoms with Gasteiger partial charge in [0.1, 0.15) is 24.3 Å². The maximum atomic E-state index is 11.1. The normalized spacial score (nSPS) is 15.8. The molecule has 54 heavy (non-hydrogen) atoms. The van der Waals surface area contributed by atoms with E-state index < -0.39 is 11.1 Å². The van der Waals surface area contributed by atoms with Crippen LogP contribution in [0, 0.1) is 45.3 Å². The van der Waals surface area contributed by atoms with Crippen LogP contribution in [0.2, 0.25) is 0 Å². The van der Waals surface area contributed by atoms with Gasteiger partial charge in [-0.25, -0.2) is 0 Å². The van der Waals surface area contributed by atoms with Crippen molar-refractivity contribution in [2.75, 3.05) is 8.61 Å². The molecule has 0 saturated carbocycles. The first-order valence-corrected chi connectivity index (χ1v) is 19.7. The predicted octanol–water partition coefficient (Wildman–Crippen LogP) is 12.1. The number of benzene rings is 4. The molecule has 0 saturated heterocycles. The highest BCUT2D eigenvalue weighted by Gasteiger charge is 2.45. The van der Waals surface area contributed by atoms with Gasteiger partial charge in [0.2, 0.25) is 11.1 Å². The molecule has 0 atom stereocenters. The van der Waals surface area contributed by atoms with Crippen molar-refractivity contribution in [3.05, 3.63) is 118 Å². The minimum atomic E-state index is -1.78. The Balaban J connectivity index is 1.86. The van der Waals surface area contributed by atoms with E-state index >= 15 is 0 Å². The zero-order valence-electron chi connectivity index (χ0n) is 33.6. The summed E-state index contributed by atoms with van der Waals surface area (Å²) in [6, 6.07) is 37.2. The molecule has 6 rings (SSSR count). The van der Waals surface area contributed by atoms with Crippen LogP contribution >= 0.6 is 23.9 Å². The number of nitriles is 4. The minimum absolute atomic E-state index is 0.205. The number of hydrogen-bond donors (Lipinski definition) is 0. The molecule has 4 aromatic rings. The monoisotopic (exact) mass is 750 g/mol. The van der Waals surface area contributed by atoms with Gasteiger partial charge in [0, 0.05) is 20.9 Å². The van der Waals surface area contributed by atoms with Crippen LogP contribution in [0.4, 0.5) is 11.4 Å². The molecule has 2 aliphatic heterocycles. The van der Waals surface area contributed by atoms with Crippen LogP contribution in [0.1, 0.15) is 116 Å². The van der Waals surface area contributed by atoms with Gasteiger partial charge >= 0.3 is 0 Å². The van der Waals surface area contributed by atoms with Crippen LogP contribution in [0.15, 0.2) is 94.7 Å². The average Bonchev–Trinajstić information content (AvgIpc) is 3.11. The summed E-state index contributed by atoms with van der Waals surface area (Å²) < 4.78 is 3.66. The third kappa shape index (κ3) is 7.57. The van der Waals surface area contributed by atoms with E-state index in [0.717, 1.165) is 43.4 Å². The second kappa shape index (κ2) is 14.1. The van der Waals surface area contributed by atoms with Crippen molar-refractivity contribution in [3.63, 3.8) is 0 Å². The van der Waals surface area contributed by atoms with E-state index in [1.54, 1.807) is 24.3 Å². The molecule has 0 aliphatic carbocycles. The molecule has 4 aromatic carbocycles. The fourth-order valence-corrected chi connectivity index (χ4v) is 8.50. The van der Waals surface area contributed by atoms with Crippen LogP contribution in [-0.4, -0.2) is 0 Å². The lowest BCUT2D eigenvalue weighted by molar-refractivity contribution is 0.567. The summed E-state index contributed by atoms with van der Waals surface area (Å²) in [5.41, 5.74) is 2.32. The zero-order chi connectivity index (χ0) is 40.1. The Morgan fingerprint density at radius 3 is 0.944 bits per heavy atom. The first-order chi connectivity index (χ1) is 25.0. The SMILES string of the molecule is CC(C)(C)c1cc(N2Sc3cccc(c3)SN(c3cc(C(C)(C)C)cc(C(C)(C)C)c3)C(C#N)(C#N)c3ccc(cc3)C2(C#N)C#N)cc(C(C)(C)C)c1. The van der Waals surface area contributed by atoms with E-state index in [-0.39, 0.29) is 21.7 Å². The Bertz CT molecular complexity index is 1990. The van der Waals surface area contributed by atoms with Crippen molar-refractivity contribution in [1.82, 2.24) is 0 Å². The molecule has 0 amide bonds. The van der Waals surface area contributed by atoms with Gasteiger partial charge in [-0.15, -0.1) is 0 Å². The molecule has 6 nitrogen and oxygen atoms in total. The summed E-state index contributed by atoms with van der Waals surface area (Å²) in [4.78, 5) is 1.59. The number of rotatable bonds is 2. The van der Waals surface area contributed by atoms with Crippen molar-refractivity contribution < 1.29 is 0 Å². The summed E-state index contributed by atoms with van der Waals surface area (Å²) in [7, 11) is 0. The molecule has 0 unspecified atom stereocenters. The Hall–Kier alpha value is -4.86. The van der Waals surface area contributed by atoms with Crippen molar-refractivity contribution >= 4 is 35.3 Å². The first kappa shape index (κ1) is 40.3. The van der Waals surface area contributed by atoms with E-state index in [0.29, 0.717) is 11.1 Å². The third-order valence-electron chi connectivity index (χ3n) is 9.94. The van der Waals surface area contributed by atoms with Crippen LogP contribution in [0.5, 0.6) is 0 Å². The largest absolute Gasteiger partial charge is 0.276 e. The lowest BCUT2D eigenvalue weighted by Crippen LogP contribution is -2.41. The highest BCUT2D eigenvalue weighted by atomic mass is 32.2. The van der Waals surface area contributed by atoms with Crippen molar-refractivity contribution in [2.24, 2.45) is 0 Å². The quantitative estimate of drug-likeness (QED) is 0.187. The molecular weight excluding hydrogens is 701 g/mol. The highest BCUT2D eigenvalue weighted by molar-refractivity contribution is 8.01. The fraction of sp³-hybridized carbons (Fsp3) is 0.391. The third-order valence-corrected chi connectivity index (χ3v) is 12.2. The second-order valence-electron chi connectivity index (χ2n) is 18.2. The summed E-state index contributed by atoms with van der Waals surface area (Å²) in [6.07, 6.45) is 0. The van der Waals surface area contributed by atoms with Gasteiger partial charge in [-0.1, -0.05) is 126 Å². The lowest BCUT2D eigenvalue weighted by atomic mass is 9.80. The van der Waals surface area contributed by atoms with Crippen LogP contribution in [-0.2, 0) is 32.7 Å². The van der Waals surface area contributed by atoms with Gasteiger partial charge in [-0.05, 0) is 110 Å². The zero-order valence-corrected chi connectivity index (χ0v) is 35.2. The number of nitrogens with zero attached hydrogens (tertiary/aromatic N) is 6. The van der Waals surface area contributed by atoms with Gasteiger partial charge in [-0.3, -0.25) is 8.61 Å². The Morgan fingerprint density at radius 2 is 0.704 bits per heavy atom. The van der Waals surface area contributed by atoms with Crippen LogP contribution < -0.4 is 8.61 Å². The molecule has 0 spiro atoms. The summed E-state index contributed by atoms with van der Waals surface area (Å²) in [6.45, 7) is 26.0. The smallest absolute Gasteiger partial charge is 0.250 e. The van der Waals surface area contributed by atoms with E-state index in [1.807, 2.05) is 32.9 Å². The molecule has 8 heteroatoms. The van der Waals surface area contributed by atoms with Gasteiger partial charge in [-0.2, -0.15) is 21.0 Å². The van der Waals surface area contributed by atoms with Crippen molar-refractivity contribution in [1.29, 1.82) is 21.0 Å². The molecular formula is C46H50N6S2. The summed E-state index contributed by atoms with van der Waals surface area (Å²) in [5, 5.41) is 44.5. The maximum absolute atomic E-state index is 11.1. The van der Waals surface area contributed by atoms with Crippen molar-refractivity contribution in [2.45, 2.75) is 126 Å². The standard InChI is InChI=1S/C46H50N6S2/c1-41(2,3)33-20-34(42(4,5)6)23-37(22-33)51-45(27-47,28-48)31-16-18-32(19-17-31)46(29-49,30-50)52(54-40-15-13-14-39(26-40)53-51)38-24-35(43(7,8)9)21-36(25-38)44(10,11)12/h13-26H,1-12H3. The van der Waals surface area contributed by atoms with Crippen LogP contribution in [0.3, 0.4) is 0 Å². The Morgan fingerprint density at radius 1 is 0.426 bits per heavy atom. The topological polar surface area (TPSA) is 102 Å². The minimum Gasteiger partial charge on any atom is -0.276 e. The number of hydrogen-bond acceptors (Lipinski definition) is 8. The van der Waals surface area contributed by atoms with Gasteiger partial charge in [0.15, 0.2) is 0 Å². The first-order valence-electron chi connectivity index (χ1n) is 18.2. The van der Waals surface area contributed by atoms with Crippen molar-refractivity contribution in [3.8, 4) is 24.3 Å². The molecule has 276 valence electrons. The predicted molar refractivity (Wildman–Crippen MR) is 223 cm³/mol. The molecule has 2 aliphatic rings. The van der Waals surface area contributed by atoms with Gasteiger partial charge < -0.3 is 0 Å². The second-order valence-corrected chi connectivity index (χ2v) is 20.3. The van der Waals surface area contributed by atoms with E-state index in [4.69, 9.17) is 0 Å². The number of fused-ring (bicyclic) bond motifs is 6. The van der Waals surface area contributed by atoms with Gasteiger partial charge in [0.05, 0.1) is 11.4 Å². The molecule has 0 N–H and O–H groups in total. The summed E-state index contributed by atoms with van der Waals surface area (Å²) >= 11 is 2.67. The van der Waals surface area contributed by atoms with E-state index in [9.17, 15) is 21.0 Å². The molecule has 0 radical (unpaired) electrons. The van der Waals surface area contributed by atoms with Gasteiger partial charge in [0.25, 0.3) is 0 Å². The summed E-state index contributed by atoms with van der Waals surface area (Å²) in [5.74, 6) is 0. The van der Waals surface area contributed by atoms with Crippen LogP contribution in [0.25, 0.3) is 0 Å². The highest BCUT2D eigenvalue weighted by Crippen LogP contribution is 2.48. The Labute approximate surface area is 331 Å². The molecule has 4 bridgehead atoms.